The van der Waals surface area contributed by atoms with E-state index in [1.54, 1.807) is 0 Å². The predicted octanol–water partition coefficient (Wildman–Crippen LogP) is 9.75. The smallest absolute Gasteiger partial charge is 0.348 e. The third kappa shape index (κ3) is 15.3. The number of hydrogen-bond donors (Lipinski definition) is 2. The average Bonchev–Trinajstić information content (AvgIpc) is 3.05. The number of hydrogen-bond acceptors (Lipinski definition) is 5. The van der Waals surface area contributed by atoms with E-state index in [-0.39, 0.29) is 12.0 Å². The molecule has 3 atom stereocenters. The number of rotatable bonds is 9. The van der Waals surface area contributed by atoms with Crippen molar-refractivity contribution in [1.82, 2.24) is 0 Å². The fraction of sp³-hybridized carbons (Fsp3) is 0.649. The van der Waals surface area contributed by atoms with Crippen molar-refractivity contribution in [3.05, 3.63) is 59.7 Å². The summed E-state index contributed by atoms with van der Waals surface area (Å²) in [4.78, 5) is 11.0. The summed E-state index contributed by atoms with van der Waals surface area (Å²) in [5.41, 5.74) is 5.42. The normalized spacial score (nSPS) is 22.4. The van der Waals surface area contributed by atoms with Crippen LogP contribution in [0.25, 0.3) is 11.1 Å². The molecular formula is C37H60F3O5S+. The Hall–Kier alpha value is -1.91. The lowest BCUT2D eigenvalue weighted by molar-refractivity contribution is -0.120. The number of aliphatic hydroxyl groups excluding tert-OH is 1. The van der Waals surface area contributed by atoms with Gasteiger partial charge in [0, 0.05) is 32.7 Å². The minimum Gasteiger partial charge on any atom is -0.448 e. The molecule has 0 aliphatic heterocycles. The van der Waals surface area contributed by atoms with Crippen LogP contribution in [-0.4, -0.2) is 60.4 Å². The van der Waals surface area contributed by atoms with E-state index < -0.39 is 29.9 Å². The summed E-state index contributed by atoms with van der Waals surface area (Å²) in [5, 5.41) is 9.03. The molecule has 4 N–H and O–H groups in total. The van der Waals surface area contributed by atoms with Crippen LogP contribution in [0.1, 0.15) is 103 Å². The highest BCUT2D eigenvalue weighted by Crippen LogP contribution is 2.49. The molecule has 0 amide bonds. The standard InChI is InChI=1S/C18H22.C12H20O.C5H9F3O2S.2CH4O/c1-13(2)15-5-9-17(10-6-15)18-11-7-16(8-12-18)14(3)4;1-9-3-10-5-11(4-9)7-12(2,6-10)8-13;1-10-3-2-4(6)5(7,8)11-9;2*1-2/h5-14H,1-4H3;8-11H,3-7H2,1-2H3;4,9H,2-3H2,1H3;2*2H,1H3/p+1. The Bertz CT molecular complexity index is 996. The lowest BCUT2D eigenvalue weighted by Gasteiger charge is -2.44. The summed E-state index contributed by atoms with van der Waals surface area (Å²) >= 11 is -0.778. The zero-order valence-electron chi connectivity index (χ0n) is 29.4. The van der Waals surface area contributed by atoms with Gasteiger partial charge in [0.25, 0.3) is 0 Å². The summed E-state index contributed by atoms with van der Waals surface area (Å²) in [6.45, 7) is 13.3. The quantitative estimate of drug-likeness (QED) is 0.157. The van der Waals surface area contributed by atoms with Gasteiger partial charge in [0.15, 0.2) is 6.17 Å². The molecule has 2 aliphatic carbocycles. The van der Waals surface area contributed by atoms with Gasteiger partial charge in [-0.15, -0.1) is 0 Å². The lowest BCUT2D eigenvalue weighted by atomic mass is 9.60. The molecule has 3 unspecified atom stereocenters. The van der Waals surface area contributed by atoms with Crippen molar-refractivity contribution in [2.75, 3.05) is 27.9 Å². The molecule has 9 heteroatoms. The highest BCUT2D eigenvalue weighted by Gasteiger charge is 2.41. The number of fused-ring (bicyclic) bond motifs is 2. The van der Waals surface area contributed by atoms with E-state index in [9.17, 15) is 18.0 Å². The SMILES string of the molecule is CC(C)c1ccc(-c2ccc(C(C)C)cc2)cc1.CC1CC2CC(C1)CC(C)(C=O)C2.CO.COCCC(F)C(F)(F)SO.C[OH2+]. The van der Waals surface area contributed by atoms with Gasteiger partial charge in [0.2, 0.25) is 0 Å². The van der Waals surface area contributed by atoms with Gasteiger partial charge in [-0.05, 0) is 83.9 Å². The molecule has 2 aliphatic rings. The van der Waals surface area contributed by atoms with Gasteiger partial charge >= 0.3 is 5.25 Å². The van der Waals surface area contributed by atoms with Crippen molar-refractivity contribution >= 4 is 18.3 Å². The van der Waals surface area contributed by atoms with E-state index in [4.69, 9.17) is 14.8 Å². The minimum atomic E-state index is -3.72. The largest absolute Gasteiger partial charge is 0.448 e. The van der Waals surface area contributed by atoms with Crippen molar-refractivity contribution in [3.63, 3.8) is 0 Å². The molecule has 46 heavy (non-hydrogen) atoms. The number of methoxy groups -OCH3 is 1. The molecule has 4 rings (SSSR count). The molecule has 0 radical (unpaired) electrons. The van der Waals surface area contributed by atoms with Gasteiger partial charge in [-0.1, -0.05) is 90.1 Å². The van der Waals surface area contributed by atoms with Gasteiger partial charge < -0.3 is 24.3 Å². The Morgan fingerprint density at radius 2 is 1.30 bits per heavy atom. The fourth-order valence-electron chi connectivity index (χ4n) is 6.30. The van der Waals surface area contributed by atoms with Gasteiger partial charge in [0.05, 0.1) is 12.0 Å². The monoisotopic (exact) mass is 673 g/mol. The number of carbonyl (C=O) groups excluding carboxylic acids is 1. The van der Waals surface area contributed by atoms with E-state index in [1.807, 2.05) is 0 Å². The molecule has 2 bridgehead atoms. The maximum Gasteiger partial charge on any atom is 0.348 e. The average molecular weight is 674 g/mol. The van der Waals surface area contributed by atoms with Crippen LogP contribution in [0.5, 0.6) is 0 Å². The zero-order valence-corrected chi connectivity index (χ0v) is 30.2. The summed E-state index contributed by atoms with van der Waals surface area (Å²) < 4.78 is 49.0. The van der Waals surface area contributed by atoms with Gasteiger partial charge in [-0.2, -0.15) is 8.78 Å². The summed E-state index contributed by atoms with van der Waals surface area (Å²) in [7, 11) is 3.54. The first-order valence-corrected chi connectivity index (χ1v) is 17.0. The molecule has 0 saturated heterocycles. The Balaban J connectivity index is 0.000000645. The topological polar surface area (TPSA) is 89.7 Å². The van der Waals surface area contributed by atoms with E-state index in [0.29, 0.717) is 11.8 Å². The number of halogens is 3. The van der Waals surface area contributed by atoms with Gasteiger partial charge in [-0.25, -0.2) is 4.39 Å². The molecule has 2 saturated carbocycles. The Morgan fingerprint density at radius 3 is 1.61 bits per heavy atom. The van der Waals surface area contributed by atoms with E-state index in [1.165, 1.54) is 62.0 Å². The summed E-state index contributed by atoms with van der Waals surface area (Å²) in [6.07, 6.45) is 4.85. The van der Waals surface area contributed by atoms with Crippen LogP contribution in [0.3, 0.4) is 0 Å². The summed E-state index contributed by atoms with van der Waals surface area (Å²) in [5.74, 6) is 3.79. The fourth-order valence-corrected chi connectivity index (χ4v) is 6.53. The maximum atomic E-state index is 12.4. The van der Waals surface area contributed by atoms with E-state index in [0.717, 1.165) is 37.7 Å². The Kier molecular flexibility index (Phi) is 21.7. The van der Waals surface area contributed by atoms with Crippen LogP contribution in [0, 0.1) is 23.2 Å². The zero-order chi connectivity index (χ0) is 35.5. The molecule has 0 aromatic heterocycles. The second-order valence-corrected chi connectivity index (χ2v) is 13.9. The summed E-state index contributed by atoms with van der Waals surface area (Å²) in [6, 6.07) is 17.8. The molecule has 0 spiro atoms. The van der Waals surface area contributed by atoms with Crippen LogP contribution >= 0.6 is 12.0 Å². The number of aliphatic hydroxyl groups is 1. The first-order valence-electron chi connectivity index (χ1n) is 16.2. The second-order valence-electron chi connectivity index (χ2n) is 13.2. The minimum absolute atomic E-state index is 0.0216. The molecule has 2 aromatic carbocycles. The molecule has 5 nitrogen and oxygen atoms in total. The molecule has 2 fully saturated rings. The van der Waals surface area contributed by atoms with E-state index >= 15 is 0 Å². The van der Waals surface area contributed by atoms with Crippen LogP contribution in [0.15, 0.2) is 48.5 Å². The van der Waals surface area contributed by atoms with Gasteiger partial charge in [-0.3, -0.25) is 0 Å². The van der Waals surface area contributed by atoms with Crippen molar-refractivity contribution in [1.29, 1.82) is 0 Å². The van der Waals surface area contributed by atoms with Crippen LogP contribution in [0.2, 0.25) is 0 Å². The first-order chi connectivity index (χ1) is 21.7. The Labute approximate surface area is 280 Å². The van der Waals surface area contributed by atoms with Crippen LogP contribution in [-0.2, 0) is 9.53 Å². The second kappa shape index (κ2) is 22.6. The molecule has 2 aromatic rings. The van der Waals surface area contributed by atoms with Gasteiger partial charge in [0.1, 0.15) is 13.4 Å². The third-order valence-electron chi connectivity index (χ3n) is 8.48. The highest BCUT2D eigenvalue weighted by atomic mass is 32.2. The number of alkyl halides is 3. The van der Waals surface area contributed by atoms with Crippen molar-refractivity contribution in [2.24, 2.45) is 23.2 Å². The third-order valence-corrected chi connectivity index (χ3v) is 8.98. The first kappa shape index (κ1) is 44.1. The highest BCUT2D eigenvalue weighted by molar-refractivity contribution is 7.94. The maximum absolute atomic E-state index is 12.4. The molecular weight excluding hydrogens is 613 g/mol. The van der Waals surface area contributed by atoms with Crippen LogP contribution < -0.4 is 0 Å². The predicted molar refractivity (Wildman–Crippen MR) is 188 cm³/mol. The number of aldehydes is 1. The number of ether oxygens (including phenoxy) is 1. The van der Waals surface area contributed by atoms with Crippen molar-refractivity contribution in [2.45, 2.75) is 103 Å². The number of carbonyl (C=O) groups is 1. The number of benzene rings is 2. The lowest BCUT2D eigenvalue weighted by Crippen LogP contribution is -2.36. The van der Waals surface area contributed by atoms with Crippen molar-refractivity contribution < 1.29 is 37.5 Å². The molecule has 0 heterocycles. The van der Waals surface area contributed by atoms with E-state index in [2.05, 4.69) is 94.8 Å². The van der Waals surface area contributed by atoms with Crippen molar-refractivity contribution in [3.8, 4) is 11.1 Å². The van der Waals surface area contributed by atoms with Crippen LogP contribution in [0.4, 0.5) is 13.2 Å². The Morgan fingerprint density at radius 1 is 0.913 bits per heavy atom. The molecule has 264 valence electrons.